The number of halogens is 1. The van der Waals surface area contributed by atoms with Gasteiger partial charge in [-0.15, -0.1) is 12.4 Å². The van der Waals surface area contributed by atoms with Crippen LogP contribution in [0.4, 0.5) is 0 Å². The summed E-state index contributed by atoms with van der Waals surface area (Å²) in [6.07, 6.45) is 6.50. The summed E-state index contributed by atoms with van der Waals surface area (Å²) in [5.74, 6) is 0. The normalized spacial score (nSPS) is 22.2. The minimum atomic E-state index is 0. The first kappa shape index (κ1) is 14.4. The molecule has 0 aromatic carbocycles. The monoisotopic (exact) mass is 273 g/mol. The maximum Gasteiger partial charge on any atom is 0.186 e. The second kappa shape index (κ2) is 6.89. The fraction of sp³-hybridized carbons (Fsp3) is 0.417. The number of nitrogens with one attached hydrogen (secondary N) is 1. The molecule has 94 valence electrons. The summed E-state index contributed by atoms with van der Waals surface area (Å²) in [5.41, 5.74) is 2.33. The molecule has 1 aliphatic heterocycles. The van der Waals surface area contributed by atoms with Gasteiger partial charge in [0, 0.05) is 24.3 Å². The van der Waals surface area contributed by atoms with Gasteiger partial charge in [0.05, 0.1) is 12.5 Å². The van der Waals surface area contributed by atoms with Gasteiger partial charge in [-0.05, 0) is 24.6 Å². The maximum absolute atomic E-state index is 11.2. The van der Waals surface area contributed by atoms with Crippen LogP contribution in [0.25, 0.3) is 6.08 Å². The van der Waals surface area contributed by atoms with Gasteiger partial charge in [-0.2, -0.15) is 0 Å². The summed E-state index contributed by atoms with van der Waals surface area (Å²) in [7, 11) is 0. The summed E-state index contributed by atoms with van der Waals surface area (Å²) >= 11 is 1.43. The molecular weight excluding hydrogens is 258 g/mol. The van der Waals surface area contributed by atoms with E-state index in [2.05, 4.69) is 11.4 Å². The molecule has 1 aromatic rings. The molecule has 0 radical (unpaired) electrons. The van der Waals surface area contributed by atoms with Gasteiger partial charge < -0.3 is 9.73 Å². The molecule has 1 N–H and O–H groups in total. The zero-order valence-corrected chi connectivity index (χ0v) is 11.3. The van der Waals surface area contributed by atoms with Crippen LogP contribution in [0, 0.1) is 0 Å². The lowest BCUT2D eigenvalue weighted by Gasteiger charge is -2.24. The van der Waals surface area contributed by atoms with Gasteiger partial charge >= 0.3 is 0 Å². The van der Waals surface area contributed by atoms with E-state index in [-0.39, 0.29) is 17.5 Å². The van der Waals surface area contributed by atoms with Crippen molar-refractivity contribution in [1.29, 1.82) is 0 Å². The second-order valence-electron chi connectivity index (χ2n) is 3.84. The van der Waals surface area contributed by atoms with Gasteiger partial charge in [-0.25, -0.2) is 0 Å². The Hall–Kier alpha value is -0.710. The van der Waals surface area contributed by atoms with Gasteiger partial charge in [0.25, 0.3) is 0 Å². The summed E-state index contributed by atoms with van der Waals surface area (Å²) in [6.45, 7) is 3.46. The van der Waals surface area contributed by atoms with E-state index >= 15 is 0 Å². The SMILES string of the molecule is CC(=O)SC1CCNC/C1=C\c1ccoc1.Cl. The number of carbonyl (C=O) groups is 1. The molecule has 3 nitrogen and oxygen atoms in total. The Kier molecular flexibility index (Phi) is 5.82. The van der Waals surface area contributed by atoms with E-state index in [0.717, 1.165) is 25.1 Å². The highest BCUT2D eigenvalue weighted by atomic mass is 35.5. The first-order chi connectivity index (χ1) is 7.75. The Bertz CT molecular complexity index is 389. The molecule has 1 unspecified atom stereocenters. The quantitative estimate of drug-likeness (QED) is 0.900. The van der Waals surface area contributed by atoms with E-state index in [1.807, 2.05) is 6.07 Å². The van der Waals surface area contributed by atoms with Crippen molar-refractivity contribution in [2.75, 3.05) is 13.1 Å². The highest BCUT2D eigenvalue weighted by molar-refractivity contribution is 8.14. The third kappa shape index (κ3) is 4.22. The van der Waals surface area contributed by atoms with Gasteiger partial charge in [-0.1, -0.05) is 17.8 Å². The zero-order chi connectivity index (χ0) is 11.4. The number of carbonyl (C=O) groups excluding carboxylic acids is 1. The predicted molar refractivity (Wildman–Crippen MR) is 73.5 cm³/mol. The molecule has 5 heteroatoms. The van der Waals surface area contributed by atoms with Crippen molar-refractivity contribution in [2.24, 2.45) is 0 Å². The lowest BCUT2D eigenvalue weighted by atomic mass is 10.0. The molecule has 0 amide bonds. The number of thioether (sulfide) groups is 1. The Balaban J connectivity index is 0.00000144. The Morgan fingerprint density at radius 1 is 1.65 bits per heavy atom. The van der Waals surface area contributed by atoms with Crippen LogP contribution in [0.1, 0.15) is 18.9 Å². The van der Waals surface area contributed by atoms with Crippen molar-refractivity contribution in [3.8, 4) is 0 Å². The van der Waals surface area contributed by atoms with E-state index in [1.54, 1.807) is 19.5 Å². The summed E-state index contributed by atoms with van der Waals surface area (Å²) in [5, 5.41) is 3.83. The molecular formula is C12H16ClNO2S. The third-order valence-electron chi connectivity index (χ3n) is 2.53. The van der Waals surface area contributed by atoms with Crippen LogP contribution >= 0.6 is 24.2 Å². The second-order valence-corrected chi connectivity index (χ2v) is 5.22. The molecule has 2 rings (SSSR count). The van der Waals surface area contributed by atoms with Crippen molar-refractivity contribution in [3.63, 3.8) is 0 Å². The lowest BCUT2D eigenvalue weighted by molar-refractivity contribution is -0.109. The highest BCUT2D eigenvalue weighted by Crippen LogP contribution is 2.26. The summed E-state index contributed by atoms with van der Waals surface area (Å²) < 4.78 is 5.03. The molecule has 1 aromatic heterocycles. The van der Waals surface area contributed by atoms with Crippen LogP contribution in [0.15, 0.2) is 28.6 Å². The minimum absolute atomic E-state index is 0. The van der Waals surface area contributed by atoms with Crippen molar-refractivity contribution >= 4 is 35.4 Å². The van der Waals surface area contributed by atoms with E-state index in [1.165, 1.54) is 17.3 Å². The van der Waals surface area contributed by atoms with E-state index in [9.17, 15) is 4.79 Å². The van der Waals surface area contributed by atoms with Crippen LogP contribution < -0.4 is 5.32 Å². The molecule has 2 heterocycles. The summed E-state index contributed by atoms with van der Waals surface area (Å²) in [6, 6.07) is 1.93. The van der Waals surface area contributed by atoms with Gasteiger partial charge in [-0.3, -0.25) is 4.79 Å². The average molecular weight is 274 g/mol. The Morgan fingerprint density at radius 2 is 2.47 bits per heavy atom. The van der Waals surface area contributed by atoms with Crippen molar-refractivity contribution in [1.82, 2.24) is 5.32 Å². The average Bonchev–Trinajstić information content (AvgIpc) is 2.73. The molecule has 1 fully saturated rings. The number of rotatable bonds is 2. The number of hydrogen-bond donors (Lipinski definition) is 1. The molecule has 1 saturated heterocycles. The standard InChI is InChI=1S/C12H15NO2S.ClH/c1-9(14)16-12-2-4-13-7-11(12)6-10-3-5-15-8-10;/h3,5-6,8,12-13H,2,4,7H2,1H3;1H/b11-6+;. The third-order valence-corrected chi connectivity index (χ3v) is 3.68. The Morgan fingerprint density at radius 3 is 3.12 bits per heavy atom. The van der Waals surface area contributed by atoms with Crippen LogP contribution in [-0.4, -0.2) is 23.5 Å². The molecule has 0 saturated carbocycles. The summed E-state index contributed by atoms with van der Waals surface area (Å²) in [4.78, 5) is 11.2. The van der Waals surface area contributed by atoms with Crippen LogP contribution in [-0.2, 0) is 4.79 Å². The van der Waals surface area contributed by atoms with Crippen LogP contribution in [0.2, 0.25) is 0 Å². The van der Waals surface area contributed by atoms with Crippen molar-refractivity contribution in [3.05, 3.63) is 29.7 Å². The number of piperidine rings is 1. The number of hydrogen-bond acceptors (Lipinski definition) is 4. The first-order valence-corrected chi connectivity index (χ1v) is 6.24. The van der Waals surface area contributed by atoms with Gasteiger partial charge in [0.1, 0.15) is 0 Å². The molecule has 0 spiro atoms. The van der Waals surface area contributed by atoms with Crippen LogP contribution in [0.5, 0.6) is 0 Å². The van der Waals surface area contributed by atoms with E-state index in [0.29, 0.717) is 5.25 Å². The van der Waals surface area contributed by atoms with Gasteiger partial charge in [0.15, 0.2) is 5.12 Å². The topological polar surface area (TPSA) is 42.2 Å². The van der Waals surface area contributed by atoms with Crippen molar-refractivity contribution < 1.29 is 9.21 Å². The minimum Gasteiger partial charge on any atom is -0.472 e. The van der Waals surface area contributed by atoms with Gasteiger partial charge in [0.2, 0.25) is 0 Å². The zero-order valence-electron chi connectivity index (χ0n) is 9.64. The fourth-order valence-electron chi connectivity index (χ4n) is 1.82. The lowest BCUT2D eigenvalue weighted by Crippen LogP contribution is -2.32. The number of furan rings is 1. The molecule has 17 heavy (non-hydrogen) atoms. The first-order valence-electron chi connectivity index (χ1n) is 5.36. The molecule has 1 aliphatic rings. The fourth-order valence-corrected chi connectivity index (χ4v) is 2.75. The van der Waals surface area contributed by atoms with E-state index in [4.69, 9.17) is 4.42 Å². The molecule has 0 aliphatic carbocycles. The van der Waals surface area contributed by atoms with E-state index < -0.39 is 0 Å². The highest BCUT2D eigenvalue weighted by Gasteiger charge is 2.20. The Labute approximate surface area is 111 Å². The molecule has 1 atom stereocenters. The maximum atomic E-state index is 11.2. The smallest absolute Gasteiger partial charge is 0.186 e. The largest absolute Gasteiger partial charge is 0.472 e. The van der Waals surface area contributed by atoms with Crippen LogP contribution in [0.3, 0.4) is 0 Å². The van der Waals surface area contributed by atoms with Crippen molar-refractivity contribution in [2.45, 2.75) is 18.6 Å². The molecule has 0 bridgehead atoms. The predicted octanol–water partition coefficient (Wildman–Crippen LogP) is 2.73.